The summed E-state index contributed by atoms with van der Waals surface area (Å²) in [7, 11) is 0. The van der Waals surface area contributed by atoms with E-state index in [9.17, 15) is 4.79 Å². The quantitative estimate of drug-likeness (QED) is 0.209. The van der Waals surface area contributed by atoms with Gasteiger partial charge in [0.15, 0.2) is 5.16 Å². The average molecular weight is 492 g/mol. The molecule has 0 radical (unpaired) electrons. The van der Waals surface area contributed by atoms with Gasteiger partial charge in [0.1, 0.15) is 0 Å². The molecule has 3 aromatic rings. The molecule has 0 saturated heterocycles. The topological polar surface area (TPSA) is 46.9 Å². The predicted octanol–water partition coefficient (Wildman–Crippen LogP) is 7.69. The van der Waals surface area contributed by atoms with E-state index in [0.29, 0.717) is 12.3 Å². The van der Waals surface area contributed by atoms with E-state index in [2.05, 4.69) is 99.1 Å². The molecule has 4 nitrogen and oxygen atoms in total. The highest BCUT2D eigenvalue weighted by Crippen LogP contribution is 2.36. The van der Waals surface area contributed by atoms with Crippen LogP contribution in [0.2, 0.25) is 0 Å². The van der Waals surface area contributed by atoms with E-state index < -0.39 is 0 Å². The van der Waals surface area contributed by atoms with E-state index >= 15 is 0 Å². The fraction of sp³-hybridized carbons (Fsp3) is 0.467. The van der Waals surface area contributed by atoms with Crippen molar-refractivity contribution in [3.8, 4) is 22.5 Å². The summed E-state index contributed by atoms with van der Waals surface area (Å²) >= 11 is 1.81. The first-order valence-electron chi connectivity index (χ1n) is 12.9. The van der Waals surface area contributed by atoms with Gasteiger partial charge in [0, 0.05) is 36.4 Å². The molecule has 0 bridgehead atoms. The molecule has 0 fully saturated rings. The molecule has 1 N–H and O–H groups in total. The van der Waals surface area contributed by atoms with Crippen molar-refractivity contribution in [3.63, 3.8) is 0 Å². The Morgan fingerprint density at radius 2 is 1.63 bits per heavy atom. The fourth-order valence-corrected chi connectivity index (χ4v) is 5.71. The normalized spacial score (nSPS) is 12.5. The van der Waals surface area contributed by atoms with Crippen molar-refractivity contribution in [1.29, 1.82) is 0 Å². The first-order valence-corrected chi connectivity index (χ1v) is 13.9. The van der Waals surface area contributed by atoms with Crippen LogP contribution in [0, 0.1) is 11.3 Å². The van der Waals surface area contributed by atoms with Crippen LogP contribution in [-0.2, 0) is 11.3 Å². The van der Waals surface area contributed by atoms with Gasteiger partial charge in [0.25, 0.3) is 0 Å². The van der Waals surface area contributed by atoms with Gasteiger partial charge in [-0.3, -0.25) is 4.79 Å². The molecule has 1 unspecified atom stereocenters. The molecule has 0 saturated carbocycles. The molecule has 3 rings (SSSR count). The third kappa shape index (κ3) is 8.28. The molecular formula is C30H41N3OS. The van der Waals surface area contributed by atoms with Gasteiger partial charge in [0.2, 0.25) is 5.91 Å². The van der Waals surface area contributed by atoms with E-state index in [-0.39, 0.29) is 11.3 Å². The van der Waals surface area contributed by atoms with Crippen LogP contribution in [0.25, 0.3) is 22.5 Å². The third-order valence-corrected chi connectivity index (χ3v) is 7.03. The van der Waals surface area contributed by atoms with Crippen LogP contribution in [0.15, 0.2) is 65.8 Å². The summed E-state index contributed by atoms with van der Waals surface area (Å²) in [4.78, 5) is 17.3. The molecule has 0 aliphatic heterocycles. The Bertz CT molecular complexity index is 1050. The highest BCUT2D eigenvalue weighted by atomic mass is 32.2. The van der Waals surface area contributed by atoms with Crippen LogP contribution >= 0.6 is 11.8 Å². The number of thioether (sulfide) groups is 1. The van der Waals surface area contributed by atoms with E-state index in [1.807, 2.05) is 17.8 Å². The lowest BCUT2D eigenvalue weighted by Crippen LogP contribution is -2.27. The average Bonchev–Trinajstić information content (AvgIpc) is 3.19. The Labute approximate surface area is 215 Å². The number of aromatic nitrogens is 2. The van der Waals surface area contributed by atoms with Crippen LogP contribution in [0.3, 0.4) is 0 Å². The molecule has 5 heteroatoms. The summed E-state index contributed by atoms with van der Waals surface area (Å²) < 4.78 is 2.33. The van der Waals surface area contributed by atoms with Crippen molar-refractivity contribution in [1.82, 2.24) is 14.9 Å². The zero-order chi connectivity index (χ0) is 25.3. The number of nitrogens with zero attached hydrogens (tertiary/aromatic N) is 2. The first kappa shape index (κ1) is 27.1. The van der Waals surface area contributed by atoms with Crippen molar-refractivity contribution >= 4 is 17.7 Å². The van der Waals surface area contributed by atoms with E-state index in [1.165, 1.54) is 11.3 Å². The van der Waals surface area contributed by atoms with Crippen LogP contribution in [0.5, 0.6) is 0 Å². The van der Waals surface area contributed by atoms with E-state index in [1.54, 1.807) is 0 Å². The Hall–Kier alpha value is -2.53. The van der Waals surface area contributed by atoms with Crippen molar-refractivity contribution < 1.29 is 4.79 Å². The van der Waals surface area contributed by atoms with Gasteiger partial charge >= 0.3 is 0 Å². The van der Waals surface area contributed by atoms with Gasteiger partial charge in [-0.1, -0.05) is 100 Å². The summed E-state index contributed by atoms with van der Waals surface area (Å²) in [5.41, 5.74) is 4.82. The van der Waals surface area contributed by atoms with Gasteiger partial charge in [0.05, 0.1) is 11.4 Å². The smallest absolute Gasteiger partial charge is 0.220 e. The SMILES string of the molecule is CCn1c(SCCCCNC(=O)CC(C)CC(C)(C)C)nc(-c2ccccc2)c1-c1ccccc1. The minimum atomic E-state index is 0.177. The lowest BCUT2D eigenvalue weighted by atomic mass is 9.84. The minimum absolute atomic E-state index is 0.177. The second-order valence-electron chi connectivity index (χ2n) is 10.5. The number of hydrogen-bond acceptors (Lipinski definition) is 3. The standard InChI is InChI=1S/C30H41N3OS/c1-6-33-28(25-17-11-8-12-18-25)27(24-15-9-7-10-16-24)32-29(33)35-20-14-13-19-31-26(34)21-23(2)22-30(3,4)5/h7-12,15-18,23H,6,13-14,19-22H2,1-5H3,(H,31,34). The fourth-order valence-electron chi connectivity index (χ4n) is 4.65. The Kier molecular flexibility index (Phi) is 10.0. The zero-order valence-corrected chi connectivity index (χ0v) is 22.8. The predicted molar refractivity (Wildman–Crippen MR) is 150 cm³/mol. The monoisotopic (exact) mass is 491 g/mol. The summed E-state index contributed by atoms with van der Waals surface area (Å²) in [5.74, 6) is 1.57. The summed E-state index contributed by atoms with van der Waals surface area (Å²) in [6.45, 7) is 12.7. The Balaban J connectivity index is 1.57. The second-order valence-corrected chi connectivity index (χ2v) is 11.6. The van der Waals surface area contributed by atoms with Gasteiger partial charge in [-0.25, -0.2) is 4.98 Å². The first-order chi connectivity index (χ1) is 16.8. The molecule has 1 heterocycles. The largest absolute Gasteiger partial charge is 0.356 e. The van der Waals surface area contributed by atoms with Gasteiger partial charge < -0.3 is 9.88 Å². The van der Waals surface area contributed by atoms with Crippen molar-refractivity contribution in [2.45, 2.75) is 72.0 Å². The lowest BCUT2D eigenvalue weighted by Gasteiger charge is -2.22. The number of benzene rings is 2. The van der Waals surface area contributed by atoms with Crippen LogP contribution < -0.4 is 5.32 Å². The Morgan fingerprint density at radius 3 is 2.23 bits per heavy atom. The number of unbranched alkanes of at least 4 members (excludes halogenated alkanes) is 1. The number of hydrogen-bond donors (Lipinski definition) is 1. The molecule has 2 aromatic carbocycles. The van der Waals surface area contributed by atoms with Crippen LogP contribution in [-0.4, -0.2) is 27.8 Å². The summed E-state index contributed by atoms with van der Waals surface area (Å²) in [6.07, 6.45) is 3.71. The highest BCUT2D eigenvalue weighted by molar-refractivity contribution is 7.99. The number of rotatable bonds is 12. The summed E-state index contributed by atoms with van der Waals surface area (Å²) in [6, 6.07) is 21.0. The zero-order valence-electron chi connectivity index (χ0n) is 22.0. The molecule has 188 valence electrons. The minimum Gasteiger partial charge on any atom is -0.356 e. The van der Waals surface area contributed by atoms with Crippen molar-refractivity contribution in [2.75, 3.05) is 12.3 Å². The van der Waals surface area contributed by atoms with Gasteiger partial charge in [-0.15, -0.1) is 0 Å². The Morgan fingerprint density at radius 1 is 1.00 bits per heavy atom. The van der Waals surface area contributed by atoms with E-state index in [0.717, 1.165) is 54.5 Å². The summed E-state index contributed by atoms with van der Waals surface area (Å²) in [5, 5.41) is 4.17. The molecule has 35 heavy (non-hydrogen) atoms. The highest BCUT2D eigenvalue weighted by Gasteiger charge is 2.20. The second kappa shape index (κ2) is 13.0. The van der Waals surface area contributed by atoms with E-state index in [4.69, 9.17) is 4.98 Å². The maximum absolute atomic E-state index is 12.3. The number of amides is 1. The molecular weight excluding hydrogens is 450 g/mol. The third-order valence-electron chi connectivity index (χ3n) is 5.96. The number of nitrogens with one attached hydrogen (secondary N) is 1. The molecule has 1 aromatic heterocycles. The maximum atomic E-state index is 12.3. The molecule has 1 atom stereocenters. The number of imidazole rings is 1. The molecule has 0 spiro atoms. The van der Waals surface area contributed by atoms with Gasteiger partial charge in [-0.05, 0) is 37.5 Å². The number of carbonyl (C=O) groups excluding carboxylic acids is 1. The molecule has 0 aliphatic carbocycles. The van der Waals surface area contributed by atoms with Crippen LogP contribution in [0.4, 0.5) is 0 Å². The molecule has 1 amide bonds. The molecule has 0 aliphatic rings. The number of carbonyl (C=O) groups is 1. The maximum Gasteiger partial charge on any atom is 0.220 e. The van der Waals surface area contributed by atoms with Crippen molar-refractivity contribution in [3.05, 3.63) is 60.7 Å². The van der Waals surface area contributed by atoms with Crippen molar-refractivity contribution in [2.24, 2.45) is 11.3 Å². The lowest BCUT2D eigenvalue weighted by molar-refractivity contribution is -0.122. The van der Waals surface area contributed by atoms with Gasteiger partial charge in [-0.2, -0.15) is 0 Å². The van der Waals surface area contributed by atoms with Crippen LogP contribution in [0.1, 0.15) is 60.3 Å².